The van der Waals surface area contributed by atoms with Crippen LogP contribution < -0.4 is 0 Å². The smallest absolute Gasteiger partial charge is 0.309 e. The van der Waals surface area contributed by atoms with Gasteiger partial charge in [-0.15, -0.1) is 0 Å². The molecule has 0 bridgehead atoms. The summed E-state index contributed by atoms with van der Waals surface area (Å²) < 4.78 is 5.47. The van der Waals surface area contributed by atoms with E-state index in [1.807, 2.05) is 37.3 Å². The third kappa shape index (κ3) is 11.8. The number of ether oxygens (including phenoxy) is 1. The molecule has 1 aromatic rings. The Labute approximate surface area is 197 Å². The first-order valence-corrected chi connectivity index (χ1v) is 12.4. The van der Waals surface area contributed by atoms with Crippen molar-refractivity contribution in [1.29, 1.82) is 0 Å². The molecule has 3 heteroatoms. The van der Waals surface area contributed by atoms with Gasteiger partial charge in [0.15, 0.2) is 0 Å². The van der Waals surface area contributed by atoms with Crippen LogP contribution in [0.3, 0.4) is 0 Å². The van der Waals surface area contributed by atoms with Crippen LogP contribution in [-0.4, -0.2) is 11.8 Å². The highest BCUT2D eigenvalue weighted by Crippen LogP contribution is 2.35. The van der Waals surface area contributed by atoms with Gasteiger partial charge in [0.25, 0.3) is 0 Å². The fraction of sp³-hybridized carbons (Fsp3) is 0.724. The molecule has 182 valence electrons. The van der Waals surface area contributed by atoms with E-state index < -0.39 is 5.92 Å². The van der Waals surface area contributed by atoms with E-state index in [9.17, 15) is 9.59 Å². The van der Waals surface area contributed by atoms with Gasteiger partial charge in [-0.3, -0.25) is 9.59 Å². The van der Waals surface area contributed by atoms with E-state index in [4.69, 9.17) is 4.74 Å². The summed E-state index contributed by atoms with van der Waals surface area (Å²) in [5, 5.41) is 0. The first-order chi connectivity index (χ1) is 14.7. The Kier molecular flexibility index (Phi) is 11.1. The molecule has 0 saturated carbocycles. The summed E-state index contributed by atoms with van der Waals surface area (Å²) in [6.07, 6.45) is 4.38. The zero-order valence-electron chi connectivity index (χ0n) is 22.2. The van der Waals surface area contributed by atoms with Gasteiger partial charge in [-0.05, 0) is 53.9 Å². The quantitative estimate of drug-likeness (QED) is 0.308. The summed E-state index contributed by atoms with van der Waals surface area (Å²) in [4.78, 5) is 25.9. The molecule has 0 radical (unpaired) electrons. The molecule has 3 nitrogen and oxygen atoms in total. The van der Waals surface area contributed by atoms with E-state index in [-0.39, 0.29) is 36.1 Å². The number of hydrogen-bond acceptors (Lipinski definition) is 3. The van der Waals surface area contributed by atoms with Crippen LogP contribution in [0, 0.1) is 34.5 Å². The lowest BCUT2D eigenvalue weighted by atomic mass is 9.73. The molecule has 0 amide bonds. The van der Waals surface area contributed by atoms with Crippen LogP contribution in [0.5, 0.6) is 0 Å². The topological polar surface area (TPSA) is 43.4 Å². The summed E-state index contributed by atoms with van der Waals surface area (Å²) in [6.45, 7) is 20.1. The first kappa shape index (κ1) is 28.4. The summed E-state index contributed by atoms with van der Waals surface area (Å²) in [6, 6.07) is 9.67. The van der Waals surface area contributed by atoms with E-state index in [0.29, 0.717) is 17.3 Å². The molecule has 0 aromatic heterocycles. The van der Waals surface area contributed by atoms with Gasteiger partial charge in [0.2, 0.25) is 0 Å². The van der Waals surface area contributed by atoms with Crippen LogP contribution in [0.1, 0.15) is 100.0 Å². The molecule has 0 aliphatic heterocycles. The predicted molar refractivity (Wildman–Crippen MR) is 134 cm³/mol. The molecular weight excluding hydrogens is 396 g/mol. The second-order valence-corrected chi connectivity index (χ2v) is 12.5. The number of carbonyl (C=O) groups excluding carboxylic acids is 2. The van der Waals surface area contributed by atoms with Gasteiger partial charge in [-0.1, -0.05) is 92.6 Å². The van der Waals surface area contributed by atoms with Crippen LogP contribution in [0.4, 0.5) is 0 Å². The van der Waals surface area contributed by atoms with Crippen molar-refractivity contribution in [1.82, 2.24) is 0 Å². The normalized spacial score (nSPS) is 16.2. The first-order valence-electron chi connectivity index (χ1n) is 12.4. The third-order valence-corrected chi connectivity index (χ3v) is 6.10. The predicted octanol–water partition coefficient (Wildman–Crippen LogP) is 7.87. The second kappa shape index (κ2) is 12.6. The number of benzene rings is 1. The Balaban J connectivity index is 2.74. The summed E-state index contributed by atoms with van der Waals surface area (Å²) in [5.41, 5.74) is 1.44. The van der Waals surface area contributed by atoms with E-state index in [2.05, 4.69) is 55.4 Å². The Morgan fingerprint density at radius 1 is 0.844 bits per heavy atom. The van der Waals surface area contributed by atoms with Gasteiger partial charge < -0.3 is 4.74 Å². The minimum absolute atomic E-state index is 0.000941. The van der Waals surface area contributed by atoms with Crippen LogP contribution >= 0.6 is 0 Å². The highest BCUT2D eigenvalue weighted by atomic mass is 16.5. The lowest BCUT2D eigenvalue weighted by Gasteiger charge is -2.31. The van der Waals surface area contributed by atoms with Crippen LogP contribution in [0.25, 0.3) is 0 Å². The zero-order valence-corrected chi connectivity index (χ0v) is 22.2. The van der Waals surface area contributed by atoms with Crippen molar-refractivity contribution >= 4 is 11.8 Å². The van der Waals surface area contributed by atoms with Gasteiger partial charge in [0.1, 0.15) is 12.4 Å². The van der Waals surface area contributed by atoms with E-state index in [1.165, 1.54) is 0 Å². The second-order valence-electron chi connectivity index (χ2n) is 12.5. The summed E-state index contributed by atoms with van der Waals surface area (Å²) >= 11 is 0. The Bertz CT molecular complexity index is 693. The molecule has 3 unspecified atom stereocenters. The van der Waals surface area contributed by atoms with Gasteiger partial charge in [-0.25, -0.2) is 0 Å². The summed E-state index contributed by atoms with van der Waals surface area (Å²) in [5.74, 6) is 0.403. The van der Waals surface area contributed by atoms with Crippen molar-refractivity contribution in [3.05, 3.63) is 35.9 Å². The minimum atomic E-state index is -0.414. The van der Waals surface area contributed by atoms with E-state index in [1.54, 1.807) is 0 Å². The zero-order chi connectivity index (χ0) is 24.5. The average Bonchev–Trinajstić information content (AvgIpc) is 2.64. The number of Topliss-reactive ketones (excluding diaryl/α,β-unsaturated/α-hetero) is 1. The molecule has 4 atom stereocenters. The highest BCUT2D eigenvalue weighted by molar-refractivity contribution is 5.86. The molecule has 0 fully saturated rings. The van der Waals surface area contributed by atoms with Crippen LogP contribution in [0.15, 0.2) is 30.3 Å². The lowest BCUT2D eigenvalue weighted by molar-refractivity contribution is -0.151. The maximum absolute atomic E-state index is 13.3. The number of ketones is 1. The fourth-order valence-corrected chi connectivity index (χ4v) is 4.89. The molecule has 1 aromatic carbocycles. The molecule has 0 spiro atoms. The minimum Gasteiger partial charge on any atom is -0.461 e. The molecule has 32 heavy (non-hydrogen) atoms. The van der Waals surface area contributed by atoms with Gasteiger partial charge in [-0.2, -0.15) is 0 Å². The summed E-state index contributed by atoms with van der Waals surface area (Å²) in [7, 11) is 0. The number of esters is 1. The Hall–Kier alpha value is -1.64. The van der Waals surface area contributed by atoms with Crippen LogP contribution in [0.2, 0.25) is 0 Å². The number of carbonyl (C=O) groups is 2. The standard InChI is InChI=1S/C29H48O3/c1-21(18-28(4,5)6)15-16-25(23(3)19-29(7,8)9)26(30)17-22(2)27(31)32-20-24-13-11-10-12-14-24/h10-14,21-23,25H,15-20H2,1-9H3/t21?,22-,23?,25?/m1/s1. The van der Waals surface area contributed by atoms with Crippen molar-refractivity contribution < 1.29 is 14.3 Å². The molecule has 0 saturated heterocycles. The van der Waals surface area contributed by atoms with Gasteiger partial charge >= 0.3 is 5.97 Å². The maximum Gasteiger partial charge on any atom is 0.309 e. The fourth-order valence-electron chi connectivity index (χ4n) is 4.89. The Morgan fingerprint density at radius 3 is 1.94 bits per heavy atom. The van der Waals surface area contributed by atoms with E-state index in [0.717, 1.165) is 31.2 Å². The number of rotatable bonds is 12. The molecular formula is C29H48O3. The van der Waals surface area contributed by atoms with Crippen molar-refractivity contribution in [3.8, 4) is 0 Å². The lowest BCUT2D eigenvalue weighted by Crippen LogP contribution is -2.29. The molecule has 1 rings (SSSR count). The van der Waals surface area contributed by atoms with Crippen LogP contribution in [-0.2, 0) is 20.9 Å². The van der Waals surface area contributed by atoms with E-state index >= 15 is 0 Å². The molecule has 0 aliphatic carbocycles. The monoisotopic (exact) mass is 444 g/mol. The molecule has 0 heterocycles. The Morgan fingerprint density at radius 2 is 1.41 bits per heavy atom. The third-order valence-electron chi connectivity index (χ3n) is 6.10. The highest BCUT2D eigenvalue weighted by Gasteiger charge is 2.31. The average molecular weight is 445 g/mol. The van der Waals surface area contributed by atoms with Gasteiger partial charge in [0, 0.05) is 12.3 Å². The largest absolute Gasteiger partial charge is 0.461 e. The molecule has 0 N–H and O–H groups in total. The van der Waals surface area contributed by atoms with Gasteiger partial charge in [0.05, 0.1) is 5.92 Å². The molecule has 0 aliphatic rings. The maximum atomic E-state index is 13.3. The van der Waals surface area contributed by atoms with Crippen molar-refractivity contribution in [2.45, 2.75) is 101 Å². The van der Waals surface area contributed by atoms with Crippen molar-refractivity contribution in [3.63, 3.8) is 0 Å². The van der Waals surface area contributed by atoms with Crippen molar-refractivity contribution in [2.24, 2.45) is 34.5 Å². The SMILES string of the molecule is CC(CCC(C(=O)C[C@@H](C)C(=O)OCc1ccccc1)C(C)CC(C)(C)C)CC(C)(C)C. The van der Waals surface area contributed by atoms with Crippen molar-refractivity contribution in [2.75, 3.05) is 0 Å². The number of hydrogen-bond donors (Lipinski definition) is 0.